The molecule has 1 heterocycles. The number of halogens is 3. The first-order chi connectivity index (χ1) is 12.7. The SMILES string of the molecule is CCNC(=NCc1ccccc1OC(F)(F)F)NCC(C)(O)c1ccsc1. The van der Waals surface area contributed by atoms with Crippen LogP contribution in [0.4, 0.5) is 13.2 Å². The first kappa shape index (κ1) is 21.0. The highest BCUT2D eigenvalue weighted by Gasteiger charge is 2.32. The van der Waals surface area contributed by atoms with Crippen molar-refractivity contribution in [2.24, 2.45) is 4.99 Å². The van der Waals surface area contributed by atoms with Crippen LogP contribution in [0.25, 0.3) is 0 Å². The minimum Gasteiger partial charge on any atom is -0.405 e. The fourth-order valence-corrected chi connectivity index (χ4v) is 3.08. The third-order valence-corrected chi connectivity index (χ3v) is 4.38. The van der Waals surface area contributed by atoms with E-state index in [1.54, 1.807) is 13.0 Å². The van der Waals surface area contributed by atoms with Gasteiger partial charge in [0.1, 0.15) is 11.4 Å². The molecule has 3 N–H and O–H groups in total. The summed E-state index contributed by atoms with van der Waals surface area (Å²) >= 11 is 1.49. The molecule has 1 unspecified atom stereocenters. The lowest BCUT2D eigenvalue weighted by atomic mass is 9.99. The molecule has 0 radical (unpaired) electrons. The number of ether oxygens (including phenoxy) is 1. The van der Waals surface area contributed by atoms with Gasteiger partial charge in [0.05, 0.1) is 13.1 Å². The summed E-state index contributed by atoms with van der Waals surface area (Å²) in [6, 6.07) is 7.70. The Morgan fingerprint density at radius 2 is 1.96 bits per heavy atom. The molecule has 1 aromatic carbocycles. The van der Waals surface area contributed by atoms with E-state index in [1.807, 2.05) is 23.8 Å². The van der Waals surface area contributed by atoms with Crippen molar-refractivity contribution < 1.29 is 23.0 Å². The average Bonchev–Trinajstić information content (AvgIpc) is 3.13. The highest BCUT2D eigenvalue weighted by molar-refractivity contribution is 7.08. The molecular weight excluding hydrogens is 379 g/mol. The molecule has 2 rings (SSSR count). The number of hydrogen-bond acceptors (Lipinski definition) is 4. The maximum absolute atomic E-state index is 12.5. The molecule has 0 aliphatic heterocycles. The molecule has 0 bridgehead atoms. The summed E-state index contributed by atoms with van der Waals surface area (Å²) in [6.07, 6.45) is -4.76. The Balaban J connectivity index is 2.08. The maximum Gasteiger partial charge on any atom is 0.573 e. The predicted molar refractivity (Wildman–Crippen MR) is 99.8 cm³/mol. The van der Waals surface area contributed by atoms with Crippen LogP contribution in [-0.4, -0.2) is 30.5 Å². The van der Waals surface area contributed by atoms with E-state index in [0.29, 0.717) is 18.1 Å². The van der Waals surface area contributed by atoms with Gasteiger partial charge in [-0.2, -0.15) is 11.3 Å². The number of thiophene rings is 1. The van der Waals surface area contributed by atoms with E-state index in [-0.39, 0.29) is 18.8 Å². The number of rotatable bonds is 7. The van der Waals surface area contributed by atoms with Crippen molar-refractivity contribution in [1.29, 1.82) is 0 Å². The fraction of sp³-hybridized carbons (Fsp3) is 0.389. The van der Waals surface area contributed by atoms with Gasteiger partial charge in [-0.3, -0.25) is 0 Å². The molecule has 27 heavy (non-hydrogen) atoms. The second-order valence-corrected chi connectivity index (χ2v) is 6.77. The van der Waals surface area contributed by atoms with Crippen molar-refractivity contribution in [3.8, 4) is 5.75 Å². The van der Waals surface area contributed by atoms with E-state index in [4.69, 9.17) is 0 Å². The van der Waals surface area contributed by atoms with Gasteiger partial charge in [0.25, 0.3) is 0 Å². The summed E-state index contributed by atoms with van der Waals surface area (Å²) in [5.41, 5.74) is -0.0237. The lowest BCUT2D eigenvalue weighted by Gasteiger charge is -2.24. The lowest BCUT2D eigenvalue weighted by Crippen LogP contribution is -2.44. The van der Waals surface area contributed by atoms with Crippen LogP contribution in [-0.2, 0) is 12.1 Å². The molecule has 0 spiro atoms. The number of hydrogen-bond donors (Lipinski definition) is 3. The molecule has 9 heteroatoms. The number of alkyl halides is 3. The van der Waals surface area contributed by atoms with Crippen LogP contribution in [0.1, 0.15) is 25.0 Å². The van der Waals surface area contributed by atoms with Crippen LogP contribution in [0.2, 0.25) is 0 Å². The first-order valence-corrected chi connectivity index (χ1v) is 9.26. The van der Waals surface area contributed by atoms with E-state index >= 15 is 0 Å². The third-order valence-electron chi connectivity index (χ3n) is 3.69. The topological polar surface area (TPSA) is 65.9 Å². The van der Waals surface area contributed by atoms with Gasteiger partial charge in [-0.15, -0.1) is 13.2 Å². The minimum absolute atomic E-state index is 0.0117. The van der Waals surface area contributed by atoms with Crippen molar-refractivity contribution in [3.05, 3.63) is 52.2 Å². The second kappa shape index (κ2) is 9.09. The summed E-state index contributed by atoms with van der Waals surface area (Å²) in [5, 5.41) is 20.3. The zero-order chi connectivity index (χ0) is 19.9. The molecule has 0 saturated heterocycles. The molecular formula is C18H22F3N3O2S. The van der Waals surface area contributed by atoms with Gasteiger partial charge in [-0.1, -0.05) is 18.2 Å². The monoisotopic (exact) mass is 401 g/mol. The molecule has 0 amide bonds. The van der Waals surface area contributed by atoms with E-state index < -0.39 is 12.0 Å². The zero-order valence-corrected chi connectivity index (χ0v) is 15.8. The van der Waals surface area contributed by atoms with Gasteiger partial charge in [-0.05, 0) is 42.3 Å². The first-order valence-electron chi connectivity index (χ1n) is 8.32. The molecule has 0 fully saturated rings. The highest BCUT2D eigenvalue weighted by atomic mass is 32.1. The molecule has 0 aliphatic rings. The molecule has 148 valence electrons. The Labute approximate surface area is 159 Å². The van der Waals surface area contributed by atoms with Gasteiger partial charge in [-0.25, -0.2) is 4.99 Å². The largest absolute Gasteiger partial charge is 0.573 e. The standard InChI is InChI=1S/C18H22F3N3O2S/c1-3-22-16(24-12-17(2,25)14-8-9-27-11-14)23-10-13-6-4-5-7-15(13)26-18(19,20)21/h4-9,11,25H,3,10,12H2,1-2H3,(H2,22,23,24). The number of aliphatic hydroxyl groups is 1. The number of nitrogens with one attached hydrogen (secondary N) is 2. The van der Waals surface area contributed by atoms with Crippen molar-refractivity contribution in [2.75, 3.05) is 13.1 Å². The maximum atomic E-state index is 12.5. The minimum atomic E-state index is -4.76. The summed E-state index contributed by atoms with van der Waals surface area (Å²) in [6.45, 7) is 4.29. The van der Waals surface area contributed by atoms with E-state index in [2.05, 4.69) is 20.4 Å². The van der Waals surface area contributed by atoms with Crippen LogP contribution < -0.4 is 15.4 Å². The summed E-state index contributed by atoms with van der Waals surface area (Å²) in [5.74, 6) is 0.102. The quantitative estimate of drug-likeness (QED) is 0.490. The van der Waals surface area contributed by atoms with Gasteiger partial charge < -0.3 is 20.5 Å². The fourth-order valence-electron chi connectivity index (χ4n) is 2.29. The van der Waals surface area contributed by atoms with Crippen molar-refractivity contribution >= 4 is 17.3 Å². The van der Waals surface area contributed by atoms with Crippen LogP contribution in [0.15, 0.2) is 46.1 Å². The lowest BCUT2D eigenvalue weighted by molar-refractivity contribution is -0.274. The molecule has 5 nitrogen and oxygen atoms in total. The van der Waals surface area contributed by atoms with E-state index in [0.717, 1.165) is 5.56 Å². The van der Waals surface area contributed by atoms with Gasteiger partial charge in [0, 0.05) is 12.1 Å². The van der Waals surface area contributed by atoms with E-state index in [1.165, 1.54) is 29.5 Å². The number of benzene rings is 1. The number of nitrogens with zero attached hydrogens (tertiary/aromatic N) is 1. The smallest absolute Gasteiger partial charge is 0.405 e. The van der Waals surface area contributed by atoms with Crippen LogP contribution in [0, 0.1) is 0 Å². The molecule has 1 atom stereocenters. The molecule has 2 aromatic rings. The summed E-state index contributed by atoms with van der Waals surface area (Å²) in [7, 11) is 0. The second-order valence-electron chi connectivity index (χ2n) is 5.99. The Hall–Kier alpha value is -2.26. The summed E-state index contributed by atoms with van der Waals surface area (Å²) in [4.78, 5) is 4.30. The normalized spacial score (nSPS) is 14.5. The van der Waals surface area contributed by atoms with Crippen molar-refractivity contribution in [3.63, 3.8) is 0 Å². The van der Waals surface area contributed by atoms with Gasteiger partial charge >= 0.3 is 6.36 Å². The average molecular weight is 401 g/mol. The van der Waals surface area contributed by atoms with E-state index in [9.17, 15) is 18.3 Å². The van der Waals surface area contributed by atoms with Crippen LogP contribution in [0.3, 0.4) is 0 Å². The Morgan fingerprint density at radius 1 is 1.22 bits per heavy atom. The zero-order valence-electron chi connectivity index (χ0n) is 15.0. The van der Waals surface area contributed by atoms with Crippen molar-refractivity contribution in [2.45, 2.75) is 32.4 Å². The third kappa shape index (κ3) is 6.76. The Morgan fingerprint density at radius 3 is 2.59 bits per heavy atom. The van der Waals surface area contributed by atoms with Crippen molar-refractivity contribution in [1.82, 2.24) is 10.6 Å². The number of guanidine groups is 1. The summed E-state index contributed by atoms with van der Waals surface area (Å²) < 4.78 is 41.6. The number of para-hydroxylation sites is 1. The number of aliphatic imine (C=N–C) groups is 1. The molecule has 1 aromatic heterocycles. The van der Waals surface area contributed by atoms with Gasteiger partial charge in [0.2, 0.25) is 0 Å². The van der Waals surface area contributed by atoms with Crippen LogP contribution >= 0.6 is 11.3 Å². The Bertz CT molecular complexity index is 747. The molecule has 0 aliphatic carbocycles. The highest BCUT2D eigenvalue weighted by Crippen LogP contribution is 2.26. The predicted octanol–water partition coefficient (Wildman–Crippen LogP) is 3.61. The molecule has 0 saturated carbocycles. The van der Waals surface area contributed by atoms with Gasteiger partial charge in [0.15, 0.2) is 5.96 Å². The Kier molecular flexibility index (Phi) is 7.09. The van der Waals surface area contributed by atoms with Crippen LogP contribution in [0.5, 0.6) is 5.75 Å².